The van der Waals surface area contributed by atoms with Crippen LogP contribution in [0.25, 0.3) is 0 Å². The van der Waals surface area contributed by atoms with E-state index in [1.54, 1.807) is 17.3 Å². The number of carboxylic acid groups (broad SMARTS) is 1. The van der Waals surface area contributed by atoms with Crippen LogP contribution >= 0.6 is 0 Å². The zero-order chi connectivity index (χ0) is 27.6. The highest BCUT2D eigenvalue weighted by atomic mass is 32.2. The van der Waals surface area contributed by atoms with Gasteiger partial charge in [-0.15, -0.1) is 0 Å². The number of rotatable bonds is 4. The molecule has 2 aliphatic rings. The van der Waals surface area contributed by atoms with Crippen molar-refractivity contribution >= 4 is 27.7 Å². The van der Waals surface area contributed by atoms with Gasteiger partial charge in [0.1, 0.15) is 0 Å². The van der Waals surface area contributed by atoms with Crippen LogP contribution in [0.4, 0.5) is 19.1 Å². The minimum atomic E-state index is -5.08. The lowest BCUT2D eigenvalue weighted by molar-refractivity contribution is -0.192. The molecule has 0 spiro atoms. The predicted octanol–water partition coefficient (Wildman–Crippen LogP) is 2.78. The molecule has 0 aromatic carbocycles. The first-order valence-corrected chi connectivity index (χ1v) is 13.1. The van der Waals surface area contributed by atoms with E-state index in [1.165, 1.54) is 0 Å². The first-order valence-electron chi connectivity index (χ1n) is 11.4. The fourth-order valence-corrected chi connectivity index (χ4v) is 6.10. The van der Waals surface area contributed by atoms with Crippen LogP contribution in [0.5, 0.6) is 0 Å². The van der Waals surface area contributed by atoms with Crippen LogP contribution in [0.3, 0.4) is 0 Å². The molecule has 0 unspecified atom stereocenters. The van der Waals surface area contributed by atoms with Crippen LogP contribution in [-0.2, 0) is 31.7 Å². The van der Waals surface area contributed by atoms with E-state index in [1.807, 2.05) is 39.0 Å². The Labute approximate surface area is 212 Å². The number of carbonyl (C=O) groups is 2. The Morgan fingerprint density at radius 2 is 1.84 bits per heavy atom. The van der Waals surface area contributed by atoms with Gasteiger partial charge in [0.25, 0.3) is 0 Å². The van der Waals surface area contributed by atoms with Crippen molar-refractivity contribution < 1.29 is 36.3 Å². The molecule has 2 N–H and O–H groups in total. The summed E-state index contributed by atoms with van der Waals surface area (Å²) in [5.74, 6) is -2.72. The Morgan fingerprint density at radius 1 is 1.16 bits per heavy atom. The maximum absolute atomic E-state index is 12.9. The second kappa shape index (κ2) is 10.6. The van der Waals surface area contributed by atoms with Crippen molar-refractivity contribution in [3.63, 3.8) is 0 Å². The zero-order valence-electron chi connectivity index (χ0n) is 20.5. The second-order valence-corrected chi connectivity index (χ2v) is 12.3. The van der Waals surface area contributed by atoms with E-state index in [2.05, 4.69) is 20.3 Å². The number of aliphatic carboxylic acids is 1. The van der Waals surface area contributed by atoms with Crippen LogP contribution in [0, 0.1) is 5.41 Å². The van der Waals surface area contributed by atoms with Crippen LogP contribution in [0.15, 0.2) is 30.6 Å². The Kier molecular flexibility index (Phi) is 8.10. The zero-order valence-corrected chi connectivity index (χ0v) is 21.3. The Balaban J connectivity index is 0.000000479. The number of aromatic nitrogens is 3. The average molecular weight is 544 g/mol. The van der Waals surface area contributed by atoms with E-state index in [0.717, 1.165) is 11.4 Å². The smallest absolute Gasteiger partial charge is 0.475 e. The Hall–Kier alpha value is -3.29. The average Bonchev–Trinajstić information content (AvgIpc) is 3.25. The SMILES string of the molecule is CC(C)(C)CC(=O)N1C[C@@H]2c3nc(NCc4ccccn4)ncc3CS(=O)(=O)[C@@H]2C1.O=C(O)C(F)(F)F. The van der Waals surface area contributed by atoms with Crippen molar-refractivity contribution in [3.05, 3.63) is 47.5 Å². The normalized spacial score (nSPS) is 20.2. The van der Waals surface area contributed by atoms with Crippen LogP contribution < -0.4 is 5.32 Å². The number of carbonyl (C=O) groups excluding carboxylic acids is 1. The van der Waals surface area contributed by atoms with Gasteiger partial charge in [-0.1, -0.05) is 26.8 Å². The lowest BCUT2D eigenvalue weighted by Crippen LogP contribution is -2.36. The van der Waals surface area contributed by atoms with Crippen LogP contribution in [-0.4, -0.2) is 69.8 Å². The van der Waals surface area contributed by atoms with E-state index >= 15 is 0 Å². The van der Waals surface area contributed by atoms with E-state index in [9.17, 15) is 26.4 Å². The highest BCUT2D eigenvalue weighted by Gasteiger charge is 2.48. The molecule has 14 heteroatoms. The van der Waals surface area contributed by atoms with Gasteiger partial charge in [0.2, 0.25) is 11.9 Å². The molecule has 0 radical (unpaired) electrons. The molecule has 202 valence electrons. The lowest BCUT2D eigenvalue weighted by Gasteiger charge is -2.26. The van der Waals surface area contributed by atoms with E-state index < -0.39 is 27.2 Å². The van der Waals surface area contributed by atoms with Gasteiger partial charge in [-0.05, 0) is 17.5 Å². The molecular weight excluding hydrogens is 515 g/mol. The molecule has 0 saturated carbocycles. The molecule has 1 saturated heterocycles. The van der Waals surface area contributed by atoms with E-state index in [-0.39, 0.29) is 29.5 Å². The fourth-order valence-electron chi connectivity index (χ4n) is 4.10. The molecule has 2 aliphatic heterocycles. The van der Waals surface area contributed by atoms with Crippen LogP contribution in [0.1, 0.15) is 50.1 Å². The standard InChI is InChI=1S/C21H27N5O3S.C2HF3O2/c1-21(2,3)8-18(27)26-11-16-17(12-26)30(28,29)13-14-9-23-20(25-19(14)16)24-10-15-6-4-5-7-22-15;3-2(4,5)1(6)7/h4-7,9,16-17H,8,10-13H2,1-3H3,(H,23,24,25);(H,6,7)/t16-,17+;/m0./s1. The number of sulfone groups is 1. The molecule has 4 rings (SSSR count). The lowest BCUT2D eigenvalue weighted by atomic mass is 9.91. The van der Waals surface area contributed by atoms with Crippen molar-refractivity contribution in [3.8, 4) is 0 Å². The molecule has 1 fully saturated rings. The van der Waals surface area contributed by atoms with Crippen molar-refractivity contribution in [1.82, 2.24) is 19.9 Å². The van der Waals surface area contributed by atoms with Crippen molar-refractivity contribution in [2.45, 2.75) is 56.8 Å². The number of hydrogen-bond acceptors (Lipinski definition) is 8. The molecular formula is C23H28F3N5O5S. The quantitative estimate of drug-likeness (QED) is 0.595. The molecule has 0 bridgehead atoms. The number of nitrogens with zero attached hydrogens (tertiary/aromatic N) is 4. The van der Waals surface area contributed by atoms with Crippen LogP contribution in [0.2, 0.25) is 0 Å². The third kappa shape index (κ3) is 7.37. The number of hydrogen-bond donors (Lipinski definition) is 2. The summed E-state index contributed by atoms with van der Waals surface area (Å²) in [6.07, 6.45) is -1.38. The third-order valence-electron chi connectivity index (χ3n) is 5.76. The number of halogens is 3. The first-order chi connectivity index (χ1) is 17.1. The fraction of sp³-hybridized carbons (Fsp3) is 0.522. The summed E-state index contributed by atoms with van der Waals surface area (Å²) in [7, 11) is -3.36. The highest BCUT2D eigenvalue weighted by molar-refractivity contribution is 7.91. The van der Waals surface area contributed by atoms with Crippen molar-refractivity contribution in [2.75, 3.05) is 18.4 Å². The molecule has 0 aliphatic carbocycles. The minimum absolute atomic E-state index is 0.00351. The molecule has 37 heavy (non-hydrogen) atoms. The van der Waals surface area contributed by atoms with Gasteiger partial charge in [-0.3, -0.25) is 9.78 Å². The number of alkyl halides is 3. The number of anilines is 1. The maximum atomic E-state index is 12.9. The van der Waals surface area contributed by atoms with Crippen molar-refractivity contribution in [1.29, 1.82) is 0 Å². The predicted molar refractivity (Wildman–Crippen MR) is 127 cm³/mol. The van der Waals surface area contributed by atoms with Gasteiger partial charge in [0.15, 0.2) is 9.84 Å². The summed E-state index contributed by atoms with van der Waals surface area (Å²) < 4.78 is 57.5. The number of pyridine rings is 1. The topological polar surface area (TPSA) is 142 Å². The molecule has 1 amide bonds. The number of carboxylic acids is 1. The van der Waals surface area contributed by atoms with Gasteiger partial charge in [-0.25, -0.2) is 23.2 Å². The van der Waals surface area contributed by atoms with Crippen molar-refractivity contribution in [2.24, 2.45) is 5.41 Å². The Morgan fingerprint density at radius 3 is 2.41 bits per heavy atom. The molecule has 2 aromatic heterocycles. The number of likely N-dealkylation sites (tertiary alicyclic amines) is 1. The van der Waals surface area contributed by atoms with Gasteiger partial charge in [0.05, 0.1) is 28.9 Å². The first kappa shape index (κ1) is 28.3. The van der Waals surface area contributed by atoms with E-state index in [4.69, 9.17) is 9.90 Å². The third-order valence-corrected chi connectivity index (χ3v) is 7.88. The van der Waals surface area contributed by atoms with E-state index in [0.29, 0.717) is 31.0 Å². The minimum Gasteiger partial charge on any atom is -0.475 e. The number of amides is 1. The second-order valence-electron chi connectivity index (χ2n) is 10.1. The summed E-state index contributed by atoms with van der Waals surface area (Å²) in [6.45, 7) is 7.11. The maximum Gasteiger partial charge on any atom is 0.490 e. The Bertz CT molecular complexity index is 1250. The summed E-state index contributed by atoms with van der Waals surface area (Å²) in [5, 5.41) is 9.68. The van der Waals surface area contributed by atoms with Gasteiger partial charge >= 0.3 is 12.1 Å². The summed E-state index contributed by atoms with van der Waals surface area (Å²) in [6, 6.07) is 5.67. The molecule has 2 aromatic rings. The highest BCUT2D eigenvalue weighted by Crippen LogP contribution is 2.40. The number of fused-ring (bicyclic) bond motifs is 3. The summed E-state index contributed by atoms with van der Waals surface area (Å²) >= 11 is 0. The monoisotopic (exact) mass is 543 g/mol. The number of nitrogens with one attached hydrogen (secondary N) is 1. The van der Waals surface area contributed by atoms with Gasteiger partial charge in [-0.2, -0.15) is 13.2 Å². The molecule has 4 heterocycles. The molecule has 2 atom stereocenters. The summed E-state index contributed by atoms with van der Waals surface area (Å²) in [5.41, 5.74) is 2.08. The van der Waals surface area contributed by atoms with Gasteiger partial charge in [0, 0.05) is 43.4 Å². The van der Waals surface area contributed by atoms with Gasteiger partial charge < -0.3 is 15.3 Å². The largest absolute Gasteiger partial charge is 0.490 e. The summed E-state index contributed by atoms with van der Waals surface area (Å²) in [4.78, 5) is 36.5. The molecule has 10 nitrogen and oxygen atoms in total.